The van der Waals surface area contributed by atoms with E-state index in [1.165, 1.54) is 12.3 Å². The van der Waals surface area contributed by atoms with Crippen molar-refractivity contribution >= 4 is 5.91 Å². The Balaban J connectivity index is 1.79. The molecule has 126 valence electrons. The molecule has 0 spiro atoms. The minimum absolute atomic E-state index is 0.0576. The van der Waals surface area contributed by atoms with Gasteiger partial charge in [0.05, 0.1) is 0 Å². The van der Waals surface area contributed by atoms with Crippen LogP contribution in [-0.4, -0.2) is 17.4 Å². The van der Waals surface area contributed by atoms with Crippen molar-refractivity contribution in [2.45, 2.75) is 6.42 Å². The van der Waals surface area contributed by atoms with Crippen molar-refractivity contribution in [3.05, 3.63) is 94.2 Å². The number of halogens is 1. The second-order valence-electron chi connectivity index (χ2n) is 5.56. The number of carbonyl (C=O) groups excluding carboxylic acids is 1. The lowest BCUT2D eigenvalue weighted by atomic mass is 10.0. The largest absolute Gasteiger partial charge is 0.352 e. The number of nitrogens with one attached hydrogen (secondary N) is 2. The molecule has 0 fully saturated rings. The summed E-state index contributed by atoms with van der Waals surface area (Å²) in [5.41, 5.74) is 1.47. The Morgan fingerprint density at radius 3 is 2.48 bits per heavy atom. The number of pyridine rings is 1. The summed E-state index contributed by atoms with van der Waals surface area (Å²) in [7, 11) is 0. The van der Waals surface area contributed by atoms with E-state index >= 15 is 0 Å². The number of rotatable bonds is 5. The number of hydrogen-bond acceptors (Lipinski definition) is 2. The van der Waals surface area contributed by atoms with E-state index < -0.39 is 11.5 Å². The number of benzene rings is 2. The van der Waals surface area contributed by atoms with Gasteiger partial charge in [-0.05, 0) is 29.7 Å². The van der Waals surface area contributed by atoms with Crippen LogP contribution in [0.2, 0.25) is 0 Å². The normalized spacial score (nSPS) is 10.4. The molecule has 2 aromatic carbocycles. The topological polar surface area (TPSA) is 62.0 Å². The van der Waals surface area contributed by atoms with Gasteiger partial charge in [-0.2, -0.15) is 0 Å². The van der Waals surface area contributed by atoms with E-state index in [1.54, 1.807) is 24.3 Å². The van der Waals surface area contributed by atoms with Gasteiger partial charge in [0, 0.05) is 18.3 Å². The van der Waals surface area contributed by atoms with E-state index in [0.29, 0.717) is 17.5 Å². The zero-order chi connectivity index (χ0) is 17.6. The molecule has 3 rings (SSSR count). The van der Waals surface area contributed by atoms with Crippen LogP contribution >= 0.6 is 0 Å². The second kappa shape index (κ2) is 7.57. The van der Waals surface area contributed by atoms with Gasteiger partial charge in [-0.25, -0.2) is 4.39 Å². The first-order valence-corrected chi connectivity index (χ1v) is 7.95. The average Bonchev–Trinajstić information content (AvgIpc) is 2.63. The van der Waals surface area contributed by atoms with Gasteiger partial charge in [-0.3, -0.25) is 9.59 Å². The third kappa shape index (κ3) is 3.83. The monoisotopic (exact) mass is 336 g/mol. The van der Waals surface area contributed by atoms with E-state index in [2.05, 4.69) is 10.3 Å². The zero-order valence-electron chi connectivity index (χ0n) is 13.5. The number of aromatic amines is 1. The van der Waals surface area contributed by atoms with Gasteiger partial charge in [0.25, 0.3) is 11.5 Å². The number of aromatic nitrogens is 1. The van der Waals surface area contributed by atoms with Crippen molar-refractivity contribution in [1.82, 2.24) is 10.3 Å². The molecule has 0 atom stereocenters. The van der Waals surface area contributed by atoms with Crippen molar-refractivity contribution in [2.75, 3.05) is 6.54 Å². The highest BCUT2D eigenvalue weighted by Crippen LogP contribution is 2.20. The highest BCUT2D eigenvalue weighted by molar-refractivity contribution is 6.00. The molecule has 0 aliphatic rings. The fourth-order valence-corrected chi connectivity index (χ4v) is 2.66. The van der Waals surface area contributed by atoms with Gasteiger partial charge in [-0.1, -0.05) is 48.5 Å². The summed E-state index contributed by atoms with van der Waals surface area (Å²) in [6.45, 7) is 0.238. The number of carbonyl (C=O) groups is 1. The summed E-state index contributed by atoms with van der Waals surface area (Å²) in [4.78, 5) is 27.2. The van der Waals surface area contributed by atoms with Crippen LogP contribution in [-0.2, 0) is 6.42 Å². The van der Waals surface area contributed by atoms with Crippen molar-refractivity contribution in [3.8, 4) is 11.1 Å². The molecule has 1 aromatic heterocycles. The van der Waals surface area contributed by atoms with Crippen LogP contribution < -0.4 is 10.9 Å². The standard InChI is InChI=1S/C20H17FN2O2/c21-17-9-5-4-8-15(17)10-12-22-19(24)18-16(11-13-23-20(18)25)14-6-2-1-3-7-14/h1-9,11,13H,10,12H2,(H,22,24)(H,23,25). The molecule has 25 heavy (non-hydrogen) atoms. The fourth-order valence-electron chi connectivity index (χ4n) is 2.66. The number of amides is 1. The third-order valence-corrected chi connectivity index (χ3v) is 3.91. The Morgan fingerprint density at radius 1 is 1.00 bits per heavy atom. The highest BCUT2D eigenvalue weighted by atomic mass is 19.1. The van der Waals surface area contributed by atoms with E-state index in [4.69, 9.17) is 0 Å². The molecular weight excluding hydrogens is 319 g/mol. The Morgan fingerprint density at radius 2 is 1.72 bits per heavy atom. The Kier molecular flexibility index (Phi) is 5.04. The Labute approximate surface area is 144 Å². The first-order valence-electron chi connectivity index (χ1n) is 7.95. The zero-order valence-corrected chi connectivity index (χ0v) is 13.5. The molecule has 2 N–H and O–H groups in total. The summed E-state index contributed by atoms with van der Waals surface area (Å²) in [6, 6.07) is 17.3. The highest BCUT2D eigenvalue weighted by Gasteiger charge is 2.16. The van der Waals surface area contributed by atoms with E-state index in [9.17, 15) is 14.0 Å². The molecule has 4 nitrogen and oxygen atoms in total. The lowest BCUT2D eigenvalue weighted by Gasteiger charge is -2.10. The van der Waals surface area contributed by atoms with Crippen LogP contribution in [0.25, 0.3) is 11.1 Å². The molecule has 0 aliphatic carbocycles. The van der Waals surface area contributed by atoms with E-state index in [1.807, 2.05) is 30.3 Å². The maximum atomic E-state index is 13.6. The first-order chi connectivity index (χ1) is 12.2. The van der Waals surface area contributed by atoms with Gasteiger partial charge in [0.15, 0.2) is 0 Å². The smallest absolute Gasteiger partial charge is 0.261 e. The lowest BCUT2D eigenvalue weighted by molar-refractivity contribution is 0.0953. The second-order valence-corrected chi connectivity index (χ2v) is 5.56. The molecule has 0 unspecified atom stereocenters. The molecule has 0 saturated carbocycles. The quantitative estimate of drug-likeness (QED) is 0.752. The van der Waals surface area contributed by atoms with Crippen molar-refractivity contribution in [2.24, 2.45) is 0 Å². The van der Waals surface area contributed by atoms with Crippen molar-refractivity contribution < 1.29 is 9.18 Å². The van der Waals surface area contributed by atoms with Crippen LogP contribution in [0.1, 0.15) is 15.9 Å². The minimum Gasteiger partial charge on any atom is -0.352 e. The lowest BCUT2D eigenvalue weighted by Crippen LogP contribution is -2.31. The molecule has 3 aromatic rings. The number of H-pyrrole nitrogens is 1. The number of hydrogen-bond donors (Lipinski definition) is 2. The van der Waals surface area contributed by atoms with Gasteiger partial charge in [0.2, 0.25) is 0 Å². The van der Waals surface area contributed by atoms with Gasteiger partial charge in [-0.15, -0.1) is 0 Å². The van der Waals surface area contributed by atoms with Gasteiger partial charge in [0.1, 0.15) is 11.4 Å². The van der Waals surface area contributed by atoms with E-state index in [0.717, 1.165) is 5.56 Å². The van der Waals surface area contributed by atoms with Gasteiger partial charge < -0.3 is 10.3 Å². The summed E-state index contributed by atoms with van der Waals surface area (Å²) < 4.78 is 13.6. The summed E-state index contributed by atoms with van der Waals surface area (Å²) in [5.74, 6) is -0.781. The first kappa shape index (κ1) is 16.6. The molecule has 5 heteroatoms. The fraction of sp³-hybridized carbons (Fsp3) is 0.100. The van der Waals surface area contributed by atoms with Crippen LogP contribution in [0.5, 0.6) is 0 Å². The van der Waals surface area contributed by atoms with Gasteiger partial charge >= 0.3 is 0 Å². The SMILES string of the molecule is O=C(NCCc1ccccc1F)c1c(-c2ccccc2)cc[nH]c1=O. The Hall–Kier alpha value is -3.21. The molecule has 1 heterocycles. The van der Waals surface area contributed by atoms with Crippen LogP contribution in [0.15, 0.2) is 71.7 Å². The van der Waals surface area contributed by atoms with E-state index in [-0.39, 0.29) is 17.9 Å². The molecule has 0 radical (unpaired) electrons. The third-order valence-electron chi connectivity index (χ3n) is 3.91. The van der Waals surface area contributed by atoms with Crippen LogP contribution in [0, 0.1) is 5.82 Å². The summed E-state index contributed by atoms with van der Waals surface area (Å²) in [5, 5.41) is 2.70. The maximum absolute atomic E-state index is 13.6. The average molecular weight is 336 g/mol. The van der Waals surface area contributed by atoms with Crippen LogP contribution in [0.3, 0.4) is 0 Å². The van der Waals surface area contributed by atoms with Crippen LogP contribution in [0.4, 0.5) is 4.39 Å². The molecular formula is C20H17FN2O2. The maximum Gasteiger partial charge on any atom is 0.261 e. The van der Waals surface area contributed by atoms with Crippen molar-refractivity contribution in [3.63, 3.8) is 0 Å². The minimum atomic E-state index is -0.475. The molecule has 1 amide bonds. The predicted octanol–water partition coefficient (Wildman–Crippen LogP) is 3.15. The molecule has 0 saturated heterocycles. The summed E-state index contributed by atoms with van der Waals surface area (Å²) >= 11 is 0. The molecule has 0 bridgehead atoms. The predicted molar refractivity (Wildman–Crippen MR) is 94.9 cm³/mol. The Bertz CT molecular complexity index is 936. The summed E-state index contributed by atoms with van der Waals surface area (Å²) in [6.07, 6.45) is 1.87. The van der Waals surface area contributed by atoms with Crippen molar-refractivity contribution in [1.29, 1.82) is 0 Å². The molecule has 0 aliphatic heterocycles.